The Bertz CT molecular complexity index is 301. The van der Waals surface area contributed by atoms with Gasteiger partial charge in [0.15, 0.2) is 0 Å². The second-order valence-corrected chi connectivity index (χ2v) is 4.43. The minimum Gasteiger partial charge on any atom is -0.369 e. The molecule has 1 aromatic rings. The molecule has 1 atom stereocenters. The number of anilines is 1. The summed E-state index contributed by atoms with van der Waals surface area (Å²) < 4.78 is 10.8. The van der Waals surface area contributed by atoms with Gasteiger partial charge in [0.25, 0.3) is 0 Å². The summed E-state index contributed by atoms with van der Waals surface area (Å²) in [6.07, 6.45) is 3.45. The molecule has 0 radical (unpaired) electrons. The van der Waals surface area contributed by atoms with Gasteiger partial charge in [0, 0.05) is 35.5 Å². The largest absolute Gasteiger partial charge is 0.369 e. The molecule has 13 heavy (non-hydrogen) atoms. The molecule has 0 fully saturated rings. The van der Waals surface area contributed by atoms with E-state index >= 15 is 0 Å². The summed E-state index contributed by atoms with van der Waals surface area (Å²) in [5.74, 6) is 1.55. The zero-order valence-electron chi connectivity index (χ0n) is 7.91. The fourth-order valence-electron chi connectivity index (χ4n) is 0.984. The van der Waals surface area contributed by atoms with Gasteiger partial charge in [-0.05, 0) is 18.6 Å². The fraction of sp³-hybridized carbons (Fsp3) is 0.444. The molecule has 0 bridgehead atoms. The summed E-state index contributed by atoms with van der Waals surface area (Å²) in [6, 6.07) is 3.90. The van der Waals surface area contributed by atoms with Crippen LogP contribution in [0.4, 0.5) is 5.82 Å². The van der Waals surface area contributed by atoms with Crippen LogP contribution in [0.5, 0.6) is 0 Å². The van der Waals surface area contributed by atoms with Gasteiger partial charge in [-0.25, -0.2) is 4.98 Å². The second-order valence-electron chi connectivity index (χ2n) is 2.87. The lowest BCUT2D eigenvalue weighted by atomic mass is 10.3. The fourth-order valence-corrected chi connectivity index (χ4v) is 1.37. The molecule has 4 heteroatoms. The number of hydrogen-bond donors (Lipinski definition) is 1. The standard InChI is InChI=1S/C9H14N2OS/c1-8-4-3-5-10-9(8)11-6-7-13(2)12/h3-5H,6-7H2,1-2H3,(H,10,11). The Labute approximate surface area is 81.0 Å². The number of aromatic nitrogens is 1. The number of pyridine rings is 1. The summed E-state index contributed by atoms with van der Waals surface area (Å²) in [4.78, 5) is 4.17. The zero-order chi connectivity index (χ0) is 9.68. The highest BCUT2D eigenvalue weighted by Crippen LogP contribution is 2.07. The average molecular weight is 198 g/mol. The Morgan fingerprint density at radius 3 is 3.00 bits per heavy atom. The molecule has 0 aliphatic carbocycles. The highest BCUT2D eigenvalue weighted by atomic mass is 32.2. The van der Waals surface area contributed by atoms with Crippen LogP contribution in [0.2, 0.25) is 0 Å². The summed E-state index contributed by atoms with van der Waals surface area (Å²) in [5.41, 5.74) is 1.12. The molecule has 1 rings (SSSR count). The average Bonchev–Trinajstić information content (AvgIpc) is 2.08. The summed E-state index contributed by atoms with van der Waals surface area (Å²) in [6.45, 7) is 2.71. The van der Waals surface area contributed by atoms with Crippen molar-refractivity contribution in [3.8, 4) is 0 Å². The Morgan fingerprint density at radius 2 is 2.38 bits per heavy atom. The second kappa shape index (κ2) is 4.97. The van der Waals surface area contributed by atoms with Crippen molar-refractivity contribution in [2.75, 3.05) is 23.9 Å². The van der Waals surface area contributed by atoms with E-state index in [1.54, 1.807) is 12.5 Å². The van der Waals surface area contributed by atoms with Crippen LogP contribution in [0.3, 0.4) is 0 Å². The van der Waals surface area contributed by atoms with Gasteiger partial charge in [0.05, 0.1) is 0 Å². The molecule has 0 aliphatic heterocycles. The van der Waals surface area contributed by atoms with Crippen molar-refractivity contribution in [2.45, 2.75) is 6.92 Å². The molecule has 0 saturated carbocycles. The molecule has 0 amide bonds. The van der Waals surface area contributed by atoms with Gasteiger partial charge >= 0.3 is 0 Å². The van der Waals surface area contributed by atoms with Gasteiger partial charge in [0.1, 0.15) is 5.82 Å². The third-order valence-corrected chi connectivity index (χ3v) is 2.47. The van der Waals surface area contributed by atoms with Gasteiger partial charge in [-0.2, -0.15) is 0 Å². The van der Waals surface area contributed by atoms with Crippen LogP contribution in [-0.4, -0.2) is 27.7 Å². The van der Waals surface area contributed by atoms with E-state index in [1.165, 1.54) is 0 Å². The molecule has 1 aromatic heterocycles. The van der Waals surface area contributed by atoms with E-state index in [-0.39, 0.29) is 0 Å². The van der Waals surface area contributed by atoms with Gasteiger partial charge < -0.3 is 5.32 Å². The maximum absolute atomic E-state index is 10.8. The predicted octanol–water partition coefficient (Wildman–Crippen LogP) is 1.18. The van der Waals surface area contributed by atoms with Crippen LogP contribution in [0.25, 0.3) is 0 Å². The smallest absolute Gasteiger partial charge is 0.128 e. The van der Waals surface area contributed by atoms with Crippen LogP contribution in [0.15, 0.2) is 18.3 Å². The number of aryl methyl sites for hydroxylation is 1. The van der Waals surface area contributed by atoms with Gasteiger partial charge in [-0.3, -0.25) is 4.21 Å². The Morgan fingerprint density at radius 1 is 1.62 bits per heavy atom. The van der Waals surface area contributed by atoms with E-state index in [1.807, 2.05) is 19.1 Å². The molecular weight excluding hydrogens is 184 g/mol. The summed E-state index contributed by atoms with van der Waals surface area (Å²) >= 11 is 0. The molecule has 3 nitrogen and oxygen atoms in total. The quantitative estimate of drug-likeness (QED) is 0.790. The molecule has 0 aromatic carbocycles. The first-order valence-electron chi connectivity index (χ1n) is 4.15. The first kappa shape index (κ1) is 10.2. The van der Waals surface area contributed by atoms with Crippen molar-refractivity contribution >= 4 is 16.6 Å². The first-order valence-corrected chi connectivity index (χ1v) is 5.88. The van der Waals surface area contributed by atoms with Gasteiger partial charge in [-0.15, -0.1) is 0 Å². The lowest BCUT2D eigenvalue weighted by Crippen LogP contribution is -2.11. The Kier molecular flexibility index (Phi) is 3.89. The zero-order valence-corrected chi connectivity index (χ0v) is 8.73. The first-order chi connectivity index (χ1) is 6.20. The molecule has 1 N–H and O–H groups in total. The van der Waals surface area contributed by atoms with Crippen LogP contribution in [0, 0.1) is 6.92 Å². The van der Waals surface area contributed by atoms with Crippen LogP contribution in [0.1, 0.15) is 5.56 Å². The maximum atomic E-state index is 10.8. The highest BCUT2D eigenvalue weighted by molar-refractivity contribution is 7.84. The van der Waals surface area contributed by atoms with Crippen molar-refractivity contribution in [1.29, 1.82) is 0 Å². The van der Waals surface area contributed by atoms with Crippen LogP contribution >= 0.6 is 0 Å². The topological polar surface area (TPSA) is 42.0 Å². The minimum atomic E-state index is -0.736. The van der Waals surface area contributed by atoms with Crippen molar-refractivity contribution in [2.24, 2.45) is 0 Å². The van der Waals surface area contributed by atoms with E-state index in [0.29, 0.717) is 12.3 Å². The third kappa shape index (κ3) is 3.55. The molecule has 0 saturated heterocycles. The van der Waals surface area contributed by atoms with E-state index in [9.17, 15) is 4.21 Å². The van der Waals surface area contributed by atoms with Gasteiger partial charge in [-0.1, -0.05) is 6.07 Å². The maximum Gasteiger partial charge on any atom is 0.128 e. The number of nitrogens with one attached hydrogen (secondary N) is 1. The van der Waals surface area contributed by atoms with Crippen molar-refractivity contribution < 1.29 is 4.21 Å². The highest BCUT2D eigenvalue weighted by Gasteiger charge is 1.97. The monoisotopic (exact) mass is 198 g/mol. The minimum absolute atomic E-state index is 0.663. The summed E-state index contributed by atoms with van der Waals surface area (Å²) in [5, 5.41) is 3.14. The number of nitrogens with zero attached hydrogens (tertiary/aromatic N) is 1. The molecule has 0 aliphatic rings. The molecule has 1 heterocycles. The third-order valence-electron chi connectivity index (χ3n) is 1.69. The Hall–Kier alpha value is -0.900. The normalized spacial score (nSPS) is 12.5. The van der Waals surface area contributed by atoms with Crippen molar-refractivity contribution in [1.82, 2.24) is 4.98 Å². The van der Waals surface area contributed by atoms with Gasteiger partial charge in [0.2, 0.25) is 0 Å². The van der Waals surface area contributed by atoms with Crippen LogP contribution < -0.4 is 5.32 Å². The molecule has 0 spiro atoms. The van der Waals surface area contributed by atoms with E-state index in [2.05, 4.69) is 10.3 Å². The molecule has 1 unspecified atom stereocenters. The van der Waals surface area contributed by atoms with E-state index in [4.69, 9.17) is 0 Å². The lowest BCUT2D eigenvalue weighted by Gasteiger charge is -2.06. The van der Waals surface area contributed by atoms with Crippen LogP contribution in [-0.2, 0) is 10.8 Å². The Balaban J connectivity index is 2.45. The van der Waals surface area contributed by atoms with Crippen molar-refractivity contribution in [3.63, 3.8) is 0 Å². The molecular formula is C9H14N2OS. The number of rotatable bonds is 4. The van der Waals surface area contributed by atoms with E-state index in [0.717, 1.165) is 11.4 Å². The molecule has 72 valence electrons. The number of hydrogen-bond acceptors (Lipinski definition) is 3. The van der Waals surface area contributed by atoms with Crippen molar-refractivity contribution in [3.05, 3.63) is 23.9 Å². The predicted molar refractivity (Wildman–Crippen MR) is 56.4 cm³/mol. The SMILES string of the molecule is Cc1cccnc1NCCS(C)=O. The van der Waals surface area contributed by atoms with E-state index < -0.39 is 10.8 Å². The summed E-state index contributed by atoms with van der Waals surface area (Å²) in [7, 11) is -0.736. The lowest BCUT2D eigenvalue weighted by molar-refractivity contribution is 0.687.